The van der Waals surface area contributed by atoms with Crippen molar-refractivity contribution < 1.29 is 19.4 Å². The Balaban J connectivity index is 2.73. The predicted octanol–water partition coefficient (Wildman–Crippen LogP) is 3.22. The normalized spacial score (nSPS) is 11.3. The highest BCUT2D eigenvalue weighted by molar-refractivity contribution is 9.10. The Morgan fingerprint density at radius 3 is 2.41 bits per heavy atom. The Hall–Kier alpha value is -1.40. The summed E-state index contributed by atoms with van der Waals surface area (Å²) >= 11 is 3.42. The first kappa shape index (κ1) is 18.6. The smallest absolute Gasteiger partial charge is 0.337 e. The Kier molecular flexibility index (Phi) is 7.03. The van der Waals surface area contributed by atoms with Gasteiger partial charge < -0.3 is 15.2 Å². The lowest BCUT2D eigenvalue weighted by molar-refractivity contribution is -0.149. The molecule has 2 N–H and O–H groups in total. The van der Waals surface area contributed by atoms with Gasteiger partial charge in [0.05, 0.1) is 18.1 Å². The molecule has 1 rings (SSSR count). The highest BCUT2D eigenvalue weighted by Crippen LogP contribution is 2.26. The third kappa shape index (κ3) is 4.30. The zero-order valence-corrected chi connectivity index (χ0v) is 14.7. The number of halogens is 1. The first-order valence-corrected chi connectivity index (χ1v) is 8.00. The van der Waals surface area contributed by atoms with E-state index >= 15 is 0 Å². The van der Waals surface area contributed by atoms with Crippen LogP contribution in [0.15, 0.2) is 22.7 Å². The molecule has 0 radical (unpaired) electrons. The fraction of sp³-hybridized carbons (Fsp3) is 0.500. The van der Waals surface area contributed by atoms with Crippen molar-refractivity contribution in [1.29, 1.82) is 0 Å². The van der Waals surface area contributed by atoms with E-state index in [1.165, 1.54) is 7.11 Å². The van der Waals surface area contributed by atoms with Gasteiger partial charge in [-0.1, -0.05) is 35.8 Å². The van der Waals surface area contributed by atoms with Crippen LogP contribution in [0, 0.1) is 5.41 Å². The van der Waals surface area contributed by atoms with Crippen LogP contribution >= 0.6 is 15.9 Å². The quantitative estimate of drug-likeness (QED) is 0.686. The summed E-state index contributed by atoms with van der Waals surface area (Å²) in [5.74, 6) is -1.16. The zero-order chi connectivity index (χ0) is 16.8. The fourth-order valence-electron chi connectivity index (χ4n) is 2.25. The molecular formula is C16H22BrNO4. The van der Waals surface area contributed by atoms with E-state index in [0.29, 0.717) is 31.5 Å². The number of benzene rings is 1. The molecule has 1 aromatic rings. The van der Waals surface area contributed by atoms with E-state index in [-0.39, 0.29) is 5.97 Å². The third-order valence-electron chi connectivity index (χ3n) is 4.06. The summed E-state index contributed by atoms with van der Waals surface area (Å²) in [6, 6.07) is 5.22. The van der Waals surface area contributed by atoms with Crippen LogP contribution < -0.4 is 5.32 Å². The maximum atomic E-state index is 11.5. The highest BCUT2D eigenvalue weighted by Gasteiger charge is 2.34. The lowest BCUT2D eigenvalue weighted by Gasteiger charge is -2.27. The maximum Gasteiger partial charge on any atom is 0.337 e. The lowest BCUT2D eigenvalue weighted by Crippen LogP contribution is -2.40. The molecule has 5 nitrogen and oxygen atoms in total. The number of ether oxygens (including phenoxy) is 1. The fourth-order valence-corrected chi connectivity index (χ4v) is 2.77. The average molecular weight is 372 g/mol. The van der Waals surface area contributed by atoms with Gasteiger partial charge in [0.25, 0.3) is 0 Å². The zero-order valence-electron chi connectivity index (χ0n) is 13.1. The number of methoxy groups -OCH3 is 1. The molecule has 0 aliphatic rings. The molecule has 0 fully saturated rings. The average Bonchev–Trinajstić information content (AvgIpc) is 2.52. The van der Waals surface area contributed by atoms with Crippen LogP contribution in [0.25, 0.3) is 0 Å². The first-order chi connectivity index (χ1) is 10.4. The second-order valence-corrected chi connectivity index (χ2v) is 6.05. The van der Waals surface area contributed by atoms with Crippen LogP contribution in [-0.4, -0.2) is 30.7 Å². The van der Waals surface area contributed by atoms with Crippen molar-refractivity contribution >= 4 is 27.9 Å². The van der Waals surface area contributed by atoms with Crippen molar-refractivity contribution in [2.45, 2.75) is 33.2 Å². The van der Waals surface area contributed by atoms with Gasteiger partial charge in [-0.15, -0.1) is 0 Å². The molecule has 0 saturated carbocycles. The number of carbonyl (C=O) groups is 2. The maximum absolute atomic E-state index is 11.5. The number of aliphatic carboxylic acids is 1. The van der Waals surface area contributed by atoms with Gasteiger partial charge in [0.1, 0.15) is 0 Å². The molecule has 0 atom stereocenters. The summed E-state index contributed by atoms with van der Waals surface area (Å²) < 4.78 is 5.46. The molecule has 0 amide bonds. The van der Waals surface area contributed by atoms with E-state index in [2.05, 4.69) is 26.0 Å². The summed E-state index contributed by atoms with van der Waals surface area (Å²) in [7, 11) is 1.34. The number of hydrogen-bond acceptors (Lipinski definition) is 4. The Labute approximate surface area is 139 Å². The van der Waals surface area contributed by atoms with E-state index < -0.39 is 11.4 Å². The molecule has 0 bridgehead atoms. The molecule has 0 aliphatic heterocycles. The van der Waals surface area contributed by atoms with Crippen LogP contribution in [-0.2, 0) is 16.1 Å². The SMILES string of the molecule is CCC(CC)(CNCc1ccc(C(=O)OC)cc1Br)C(=O)O. The second kappa shape index (κ2) is 8.29. The highest BCUT2D eigenvalue weighted by atomic mass is 79.9. The minimum Gasteiger partial charge on any atom is -0.481 e. The molecule has 0 heterocycles. The summed E-state index contributed by atoms with van der Waals surface area (Å²) in [6.07, 6.45) is 1.16. The molecule has 0 aliphatic carbocycles. The lowest BCUT2D eigenvalue weighted by atomic mass is 9.82. The van der Waals surface area contributed by atoms with Crippen molar-refractivity contribution in [2.75, 3.05) is 13.7 Å². The number of rotatable bonds is 8. The van der Waals surface area contributed by atoms with Gasteiger partial charge in [0, 0.05) is 17.6 Å². The molecule has 6 heteroatoms. The number of carboxylic acids is 1. The number of esters is 1. The number of nitrogens with one attached hydrogen (secondary N) is 1. The van der Waals surface area contributed by atoms with E-state index in [1.807, 2.05) is 19.9 Å². The number of carbonyl (C=O) groups excluding carboxylic acids is 1. The molecule has 0 saturated heterocycles. The van der Waals surface area contributed by atoms with Gasteiger partial charge >= 0.3 is 11.9 Å². The first-order valence-electron chi connectivity index (χ1n) is 7.21. The van der Waals surface area contributed by atoms with Crippen LogP contribution in [0.3, 0.4) is 0 Å². The van der Waals surface area contributed by atoms with Crippen molar-refractivity contribution in [3.63, 3.8) is 0 Å². The Morgan fingerprint density at radius 2 is 1.95 bits per heavy atom. The van der Waals surface area contributed by atoms with Crippen LogP contribution in [0.1, 0.15) is 42.6 Å². The van der Waals surface area contributed by atoms with Gasteiger partial charge in [0.2, 0.25) is 0 Å². The van der Waals surface area contributed by atoms with Gasteiger partial charge in [0.15, 0.2) is 0 Å². The summed E-state index contributed by atoms with van der Waals surface area (Å²) in [5, 5.41) is 12.6. The van der Waals surface area contributed by atoms with E-state index in [9.17, 15) is 14.7 Å². The summed E-state index contributed by atoms with van der Waals surface area (Å²) in [4.78, 5) is 22.9. The van der Waals surface area contributed by atoms with Crippen LogP contribution in [0.2, 0.25) is 0 Å². The summed E-state index contributed by atoms with van der Waals surface area (Å²) in [5.41, 5.74) is 0.692. The molecule has 1 aromatic carbocycles. The standard InChI is InChI=1S/C16H22BrNO4/c1-4-16(5-2,15(20)21)10-18-9-12-7-6-11(8-13(12)17)14(19)22-3/h6-8,18H,4-5,9-10H2,1-3H3,(H,20,21). The molecule has 122 valence electrons. The number of carboxylic acid groups (broad SMARTS) is 1. The predicted molar refractivity (Wildman–Crippen MR) is 87.8 cm³/mol. The van der Waals surface area contributed by atoms with E-state index in [4.69, 9.17) is 0 Å². The topological polar surface area (TPSA) is 75.6 Å². The van der Waals surface area contributed by atoms with E-state index in [1.54, 1.807) is 12.1 Å². The molecule has 22 heavy (non-hydrogen) atoms. The van der Waals surface area contributed by atoms with Gasteiger partial charge in [-0.2, -0.15) is 0 Å². The Bertz CT molecular complexity index is 541. The van der Waals surface area contributed by atoms with E-state index in [0.717, 1.165) is 10.0 Å². The van der Waals surface area contributed by atoms with Crippen molar-refractivity contribution in [1.82, 2.24) is 5.32 Å². The Morgan fingerprint density at radius 1 is 1.32 bits per heavy atom. The molecule has 0 spiro atoms. The largest absolute Gasteiger partial charge is 0.481 e. The molecular weight excluding hydrogens is 350 g/mol. The number of hydrogen-bond donors (Lipinski definition) is 2. The minimum atomic E-state index is -0.773. The van der Waals surface area contributed by atoms with Gasteiger partial charge in [-0.25, -0.2) is 4.79 Å². The molecule has 0 aromatic heterocycles. The van der Waals surface area contributed by atoms with Crippen molar-refractivity contribution in [3.05, 3.63) is 33.8 Å². The van der Waals surface area contributed by atoms with Gasteiger partial charge in [-0.3, -0.25) is 4.79 Å². The van der Waals surface area contributed by atoms with Crippen molar-refractivity contribution in [2.24, 2.45) is 5.41 Å². The van der Waals surface area contributed by atoms with Gasteiger partial charge in [-0.05, 0) is 30.5 Å². The third-order valence-corrected chi connectivity index (χ3v) is 4.80. The van der Waals surface area contributed by atoms with Crippen LogP contribution in [0.4, 0.5) is 0 Å². The monoisotopic (exact) mass is 371 g/mol. The minimum absolute atomic E-state index is 0.387. The van der Waals surface area contributed by atoms with Crippen molar-refractivity contribution in [3.8, 4) is 0 Å². The van der Waals surface area contributed by atoms with Crippen LogP contribution in [0.5, 0.6) is 0 Å². The molecule has 0 unspecified atom stereocenters. The second-order valence-electron chi connectivity index (χ2n) is 5.19. The summed E-state index contributed by atoms with van der Waals surface area (Å²) in [6.45, 7) is 4.71.